The van der Waals surface area contributed by atoms with Crippen LogP contribution in [-0.4, -0.2) is 33.8 Å². The Kier molecular flexibility index (Phi) is 5.50. The van der Waals surface area contributed by atoms with E-state index < -0.39 is 17.4 Å². The summed E-state index contributed by atoms with van der Waals surface area (Å²) in [6.45, 7) is 6.13. The predicted octanol–water partition coefficient (Wildman–Crippen LogP) is 4.19. The van der Waals surface area contributed by atoms with Crippen molar-refractivity contribution in [3.8, 4) is 11.3 Å². The molecule has 2 atom stereocenters. The highest BCUT2D eigenvalue weighted by Gasteiger charge is 2.47. The van der Waals surface area contributed by atoms with E-state index in [1.54, 1.807) is 37.5 Å². The number of carbonyl (C=O) groups excluding carboxylic acids is 1. The number of benzene rings is 1. The Morgan fingerprint density at radius 3 is 2.47 bits per heavy atom. The molecule has 7 heteroatoms. The van der Waals surface area contributed by atoms with E-state index in [2.05, 4.69) is 23.8 Å². The normalized spacial score (nSPS) is 21.1. The highest BCUT2D eigenvalue weighted by Crippen LogP contribution is 2.44. The lowest BCUT2D eigenvalue weighted by molar-refractivity contribution is -0.130. The number of guanidine groups is 1. The third-order valence-electron chi connectivity index (χ3n) is 6.15. The number of nitrogens with zero attached hydrogens (tertiary/aromatic N) is 4. The fourth-order valence-electron chi connectivity index (χ4n) is 4.17. The first kappa shape index (κ1) is 21.6. The first-order valence-electron chi connectivity index (χ1n) is 10.5. The van der Waals surface area contributed by atoms with E-state index in [0.29, 0.717) is 17.2 Å². The van der Waals surface area contributed by atoms with Crippen molar-refractivity contribution < 1.29 is 9.18 Å². The van der Waals surface area contributed by atoms with Crippen molar-refractivity contribution in [2.75, 3.05) is 7.05 Å². The number of rotatable bonds is 4. The number of aliphatic imine (C=N–C) groups is 1. The van der Waals surface area contributed by atoms with Crippen molar-refractivity contribution in [3.63, 3.8) is 0 Å². The zero-order valence-electron chi connectivity index (χ0n) is 18.6. The van der Waals surface area contributed by atoms with Gasteiger partial charge in [-0.05, 0) is 53.8 Å². The van der Waals surface area contributed by atoms with Crippen molar-refractivity contribution in [1.82, 2.24) is 14.9 Å². The molecular weight excluding hydrogens is 405 g/mol. The maximum atomic E-state index is 14.3. The number of likely N-dealkylation sites (N-methyl/N-ethyl adjacent to an activating group) is 1. The predicted molar refractivity (Wildman–Crippen MR) is 122 cm³/mol. The number of halogens is 1. The van der Waals surface area contributed by atoms with E-state index in [1.807, 2.05) is 31.2 Å². The lowest BCUT2D eigenvalue weighted by Gasteiger charge is -2.41. The van der Waals surface area contributed by atoms with Gasteiger partial charge >= 0.3 is 0 Å². The Balaban J connectivity index is 1.87. The van der Waals surface area contributed by atoms with E-state index in [4.69, 9.17) is 10.7 Å². The van der Waals surface area contributed by atoms with Crippen molar-refractivity contribution in [3.05, 3.63) is 83.6 Å². The van der Waals surface area contributed by atoms with Gasteiger partial charge in [0.15, 0.2) is 5.96 Å². The standard InChI is InChI=1S/C25H26FN5O/c1-15(2)16-7-9-17(10-8-16)21-23(32)31(4)24(27)30-25(21,3)18-11-13-28-20(14-18)19-6-5-12-29-22(19)26/h5-15,21H,1-4H3,(H2,27,30)/t21-,25?/m0/s1. The molecule has 0 aliphatic carbocycles. The molecule has 0 saturated carbocycles. The van der Waals surface area contributed by atoms with Gasteiger partial charge in [0.05, 0.1) is 17.2 Å². The topological polar surface area (TPSA) is 84.5 Å². The third-order valence-corrected chi connectivity index (χ3v) is 6.15. The SMILES string of the molecule is CC(C)c1ccc([C@H]2C(=O)N(C)C(N)=NC2(C)c2ccnc(-c3cccnc3F)c2)cc1. The van der Waals surface area contributed by atoms with E-state index in [9.17, 15) is 9.18 Å². The Bertz CT molecular complexity index is 1190. The molecule has 1 aromatic carbocycles. The molecule has 6 nitrogen and oxygen atoms in total. The van der Waals surface area contributed by atoms with Crippen molar-refractivity contribution in [2.45, 2.75) is 38.1 Å². The van der Waals surface area contributed by atoms with Crippen molar-refractivity contribution in [1.29, 1.82) is 0 Å². The van der Waals surface area contributed by atoms with Gasteiger partial charge in [-0.15, -0.1) is 0 Å². The molecule has 4 rings (SSSR count). The minimum atomic E-state index is -0.997. The van der Waals surface area contributed by atoms with Gasteiger partial charge in [-0.2, -0.15) is 4.39 Å². The number of amides is 1. The van der Waals surface area contributed by atoms with E-state index in [0.717, 1.165) is 5.56 Å². The number of aromatic nitrogens is 2. The molecule has 2 aromatic heterocycles. The molecule has 0 spiro atoms. The van der Waals surface area contributed by atoms with Gasteiger partial charge in [0, 0.05) is 19.4 Å². The molecule has 1 amide bonds. The summed E-state index contributed by atoms with van der Waals surface area (Å²) in [5, 5.41) is 0. The fraction of sp³-hybridized carbons (Fsp3) is 0.280. The number of hydrogen-bond acceptors (Lipinski definition) is 5. The minimum Gasteiger partial charge on any atom is -0.369 e. The quantitative estimate of drug-likeness (QED) is 0.628. The van der Waals surface area contributed by atoms with Crippen LogP contribution in [0.2, 0.25) is 0 Å². The van der Waals surface area contributed by atoms with Crippen LogP contribution in [0.1, 0.15) is 49.3 Å². The van der Waals surface area contributed by atoms with Crippen LogP contribution in [0.25, 0.3) is 11.3 Å². The third kappa shape index (κ3) is 3.64. The van der Waals surface area contributed by atoms with Crippen LogP contribution in [0.15, 0.2) is 65.9 Å². The molecule has 3 heterocycles. The molecule has 1 unspecified atom stereocenters. The van der Waals surface area contributed by atoms with Gasteiger partial charge in [0.25, 0.3) is 0 Å². The van der Waals surface area contributed by atoms with Crippen LogP contribution in [0.4, 0.5) is 4.39 Å². The molecule has 1 aliphatic heterocycles. The van der Waals surface area contributed by atoms with Gasteiger partial charge in [-0.3, -0.25) is 14.7 Å². The fourth-order valence-corrected chi connectivity index (χ4v) is 4.17. The molecule has 32 heavy (non-hydrogen) atoms. The Hall–Kier alpha value is -3.61. The van der Waals surface area contributed by atoms with Crippen molar-refractivity contribution >= 4 is 11.9 Å². The molecule has 0 bridgehead atoms. The summed E-state index contributed by atoms with van der Waals surface area (Å²) in [5.74, 6) is -0.840. The van der Waals surface area contributed by atoms with Crippen LogP contribution in [-0.2, 0) is 10.3 Å². The van der Waals surface area contributed by atoms with E-state index in [-0.39, 0.29) is 17.4 Å². The summed E-state index contributed by atoms with van der Waals surface area (Å²) >= 11 is 0. The Morgan fingerprint density at radius 1 is 1.09 bits per heavy atom. The maximum Gasteiger partial charge on any atom is 0.239 e. The molecule has 164 valence electrons. The molecule has 2 N–H and O–H groups in total. The van der Waals surface area contributed by atoms with Crippen LogP contribution >= 0.6 is 0 Å². The molecule has 0 saturated heterocycles. The highest BCUT2D eigenvalue weighted by molar-refractivity contribution is 6.02. The van der Waals surface area contributed by atoms with Gasteiger partial charge in [0.1, 0.15) is 5.54 Å². The smallest absolute Gasteiger partial charge is 0.239 e. The second-order valence-electron chi connectivity index (χ2n) is 8.54. The molecule has 0 radical (unpaired) electrons. The summed E-state index contributed by atoms with van der Waals surface area (Å²) in [6, 6.07) is 14.9. The van der Waals surface area contributed by atoms with Crippen LogP contribution in [0, 0.1) is 5.95 Å². The van der Waals surface area contributed by atoms with Crippen LogP contribution in [0.5, 0.6) is 0 Å². The van der Waals surface area contributed by atoms with Crippen LogP contribution in [0.3, 0.4) is 0 Å². The molecule has 3 aromatic rings. The number of pyridine rings is 2. The molecular formula is C25H26FN5O. The summed E-state index contributed by atoms with van der Waals surface area (Å²) in [5.41, 5.74) is 8.58. The van der Waals surface area contributed by atoms with Crippen LogP contribution < -0.4 is 5.73 Å². The number of hydrogen-bond donors (Lipinski definition) is 1. The Morgan fingerprint density at radius 2 is 1.81 bits per heavy atom. The minimum absolute atomic E-state index is 0.137. The summed E-state index contributed by atoms with van der Waals surface area (Å²) in [4.78, 5) is 27.6. The second kappa shape index (κ2) is 8.15. The number of nitrogens with two attached hydrogens (primary N) is 1. The van der Waals surface area contributed by atoms with E-state index >= 15 is 0 Å². The summed E-state index contributed by atoms with van der Waals surface area (Å²) < 4.78 is 14.3. The average Bonchev–Trinajstić information content (AvgIpc) is 2.78. The van der Waals surface area contributed by atoms with Gasteiger partial charge in [-0.25, -0.2) is 9.98 Å². The molecule has 0 fully saturated rings. The first-order chi connectivity index (χ1) is 15.2. The highest BCUT2D eigenvalue weighted by atomic mass is 19.1. The average molecular weight is 432 g/mol. The zero-order valence-corrected chi connectivity index (χ0v) is 18.6. The largest absolute Gasteiger partial charge is 0.369 e. The number of carbonyl (C=O) groups is 1. The zero-order chi connectivity index (χ0) is 23.0. The monoisotopic (exact) mass is 431 g/mol. The second-order valence-corrected chi connectivity index (χ2v) is 8.54. The lowest BCUT2D eigenvalue weighted by Crippen LogP contribution is -2.52. The lowest BCUT2D eigenvalue weighted by atomic mass is 9.74. The summed E-state index contributed by atoms with van der Waals surface area (Å²) in [7, 11) is 1.62. The maximum absolute atomic E-state index is 14.3. The van der Waals surface area contributed by atoms with Crippen molar-refractivity contribution in [2.24, 2.45) is 10.7 Å². The Labute approximate surface area is 187 Å². The van der Waals surface area contributed by atoms with Gasteiger partial charge < -0.3 is 5.73 Å². The van der Waals surface area contributed by atoms with E-state index in [1.165, 1.54) is 16.7 Å². The first-order valence-corrected chi connectivity index (χ1v) is 10.5. The summed E-state index contributed by atoms with van der Waals surface area (Å²) in [6.07, 6.45) is 2.98. The van der Waals surface area contributed by atoms with Gasteiger partial charge in [0.2, 0.25) is 11.9 Å². The molecule has 1 aliphatic rings. The van der Waals surface area contributed by atoms with Gasteiger partial charge in [-0.1, -0.05) is 38.1 Å².